The molecule has 0 spiro atoms. The molecule has 4 atom stereocenters. The molecule has 0 amide bonds. The first-order chi connectivity index (χ1) is 9.20. The lowest BCUT2D eigenvalue weighted by Crippen LogP contribution is -2.44. The van der Waals surface area contributed by atoms with Gasteiger partial charge in [-0.25, -0.2) is 17.6 Å². The summed E-state index contributed by atoms with van der Waals surface area (Å²) in [6, 6.07) is 0.223. The fourth-order valence-corrected chi connectivity index (χ4v) is 2.04. The Morgan fingerprint density at radius 2 is 1.80 bits per heavy atom. The lowest BCUT2D eigenvalue weighted by Gasteiger charge is -2.27. The number of aliphatic hydroxyl groups excluding tert-OH is 2. The second kappa shape index (κ2) is 4.96. The summed E-state index contributed by atoms with van der Waals surface area (Å²) >= 11 is 0. The minimum Gasteiger partial charge on any atom is -0.391 e. The summed E-state index contributed by atoms with van der Waals surface area (Å²) in [5.74, 6) is -7.73. The van der Waals surface area contributed by atoms with E-state index < -0.39 is 52.7 Å². The maximum atomic E-state index is 13.7. The SMILES string of the molecule is CC(O)[C@H]1O[CH][C@@](O)(c2cc(F)c(F)c(F)c2F)[C@@H]1O. The molecule has 20 heavy (non-hydrogen) atoms. The molecule has 0 bridgehead atoms. The Kier molecular flexibility index (Phi) is 3.76. The highest BCUT2D eigenvalue weighted by atomic mass is 19.2. The third-order valence-electron chi connectivity index (χ3n) is 3.18. The highest BCUT2D eigenvalue weighted by Gasteiger charge is 2.53. The van der Waals surface area contributed by atoms with E-state index in [1.807, 2.05) is 0 Å². The van der Waals surface area contributed by atoms with E-state index in [0.717, 1.165) is 0 Å². The maximum absolute atomic E-state index is 13.7. The average molecular weight is 295 g/mol. The van der Waals surface area contributed by atoms with E-state index in [1.54, 1.807) is 0 Å². The van der Waals surface area contributed by atoms with E-state index in [4.69, 9.17) is 4.74 Å². The summed E-state index contributed by atoms with van der Waals surface area (Å²) < 4.78 is 57.6. The van der Waals surface area contributed by atoms with Gasteiger partial charge in [0.25, 0.3) is 0 Å². The van der Waals surface area contributed by atoms with Gasteiger partial charge in [0.1, 0.15) is 24.4 Å². The topological polar surface area (TPSA) is 69.9 Å². The van der Waals surface area contributed by atoms with Gasteiger partial charge in [0, 0.05) is 5.56 Å². The van der Waals surface area contributed by atoms with E-state index in [0.29, 0.717) is 6.61 Å². The zero-order chi connectivity index (χ0) is 15.2. The van der Waals surface area contributed by atoms with Crippen LogP contribution in [0.4, 0.5) is 17.6 Å². The molecule has 8 heteroatoms. The Balaban J connectivity index is 2.52. The Hall–Kier alpha value is -1.22. The van der Waals surface area contributed by atoms with Gasteiger partial charge in [0.15, 0.2) is 23.3 Å². The predicted octanol–water partition coefficient (Wildman–Crippen LogP) is 0.733. The van der Waals surface area contributed by atoms with Gasteiger partial charge in [0.05, 0.1) is 6.10 Å². The Bertz CT molecular complexity index is 537. The molecule has 4 nitrogen and oxygen atoms in total. The van der Waals surface area contributed by atoms with Crippen LogP contribution < -0.4 is 0 Å². The van der Waals surface area contributed by atoms with Gasteiger partial charge >= 0.3 is 0 Å². The normalized spacial score (nSPS) is 31.6. The molecule has 0 aliphatic carbocycles. The molecule has 111 valence electrons. The van der Waals surface area contributed by atoms with Gasteiger partial charge in [-0.3, -0.25) is 0 Å². The van der Waals surface area contributed by atoms with Gasteiger partial charge in [-0.15, -0.1) is 0 Å². The highest BCUT2D eigenvalue weighted by Crippen LogP contribution is 2.40. The molecule has 1 unspecified atom stereocenters. The summed E-state index contributed by atoms with van der Waals surface area (Å²) in [4.78, 5) is 0. The van der Waals surface area contributed by atoms with E-state index in [9.17, 15) is 32.9 Å². The molecule has 1 aromatic rings. The molecule has 2 rings (SSSR count). The van der Waals surface area contributed by atoms with Crippen molar-refractivity contribution >= 4 is 0 Å². The molecule has 1 aliphatic heterocycles. The number of hydrogen-bond acceptors (Lipinski definition) is 4. The highest BCUT2D eigenvalue weighted by molar-refractivity contribution is 5.32. The van der Waals surface area contributed by atoms with E-state index in [1.165, 1.54) is 6.92 Å². The predicted molar refractivity (Wildman–Crippen MR) is 57.0 cm³/mol. The summed E-state index contributed by atoms with van der Waals surface area (Å²) in [6.45, 7) is 1.78. The maximum Gasteiger partial charge on any atom is 0.197 e. The Morgan fingerprint density at radius 1 is 1.20 bits per heavy atom. The number of rotatable bonds is 2. The van der Waals surface area contributed by atoms with Crippen LogP contribution in [0.1, 0.15) is 12.5 Å². The largest absolute Gasteiger partial charge is 0.391 e. The van der Waals surface area contributed by atoms with Crippen LogP contribution in [0.3, 0.4) is 0 Å². The molecule has 1 saturated heterocycles. The standard InChI is InChI=1S/C12H11F4O4/c1-4(17)10-11(18)12(19,3-20-10)5-2-6(13)8(15)9(16)7(5)14/h2-4,10-11,17-19H,1H3/t4?,10-,11-,12-/m1/s1. The van der Waals surface area contributed by atoms with Crippen LogP contribution in [-0.4, -0.2) is 33.6 Å². The molecule has 1 aromatic carbocycles. The first-order valence-corrected chi connectivity index (χ1v) is 5.62. The number of hydrogen-bond donors (Lipinski definition) is 3. The van der Waals surface area contributed by atoms with Gasteiger partial charge in [-0.2, -0.15) is 0 Å². The molecule has 1 fully saturated rings. The summed E-state index contributed by atoms with van der Waals surface area (Å²) in [5, 5.41) is 29.3. The van der Waals surface area contributed by atoms with Crippen LogP contribution in [0, 0.1) is 29.9 Å². The van der Waals surface area contributed by atoms with Gasteiger partial charge in [-0.05, 0) is 13.0 Å². The summed E-state index contributed by atoms with van der Waals surface area (Å²) in [7, 11) is 0. The Labute approximate surface area is 111 Å². The fourth-order valence-electron chi connectivity index (χ4n) is 2.04. The van der Waals surface area contributed by atoms with Crippen molar-refractivity contribution in [2.45, 2.75) is 30.8 Å². The first-order valence-electron chi connectivity index (χ1n) is 5.62. The average Bonchev–Trinajstić information content (AvgIpc) is 2.69. The molecular formula is C12H11F4O4. The van der Waals surface area contributed by atoms with E-state index in [2.05, 4.69) is 0 Å². The molecule has 1 heterocycles. The summed E-state index contributed by atoms with van der Waals surface area (Å²) in [5.41, 5.74) is -3.63. The van der Waals surface area contributed by atoms with Crippen LogP contribution in [0.2, 0.25) is 0 Å². The van der Waals surface area contributed by atoms with Crippen molar-refractivity contribution in [3.05, 3.63) is 41.5 Å². The van der Waals surface area contributed by atoms with Gasteiger partial charge in [0.2, 0.25) is 0 Å². The van der Waals surface area contributed by atoms with Crippen molar-refractivity contribution in [3.63, 3.8) is 0 Å². The third-order valence-corrected chi connectivity index (χ3v) is 3.18. The number of ether oxygens (including phenoxy) is 1. The fraction of sp³-hybridized carbons (Fsp3) is 0.417. The molecular weight excluding hydrogens is 284 g/mol. The van der Waals surface area contributed by atoms with Crippen LogP contribution in [0.25, 0.3) is 0 Å². The van der Waals surface area contributed by atoms with Crippen molar-refractivity contribution in [3.8, 4) is 0 Å². The minimum absolute atomic E-state index is 0.223. The molecule has 1 radical (unpaired) electrons. The van der Waals surface area contributed by atoms with Crippen molar-refractivity contribution in [1.29, 1.82) is 0 Å². The van der Waals surface area contributed by atoms with Crippen molar-refractivity contribution in [1.82, 2.24) is 0 Å². The van der Waals surface area contributed by atoms with Gasteiger partial charge < -0.3 is 20.1 Å². The minimum atomic E-state index is -2.61. The smallest absolute Gasteiger partial charge is 0.197 e. The van der Waals surface area contributed by atoms with Crippen molar-refractivity contribution < 1.29 is 37.6 Å². The van der Waals surface area contributed by atoms with Crippen LogP contribution in [-0.2, 0) is 10.3 Å². The van der Waals surface area contributed by atoms with Gasteiger partial charge in [-0.1, -0.05) is 0 Å². The quantitative estimate of drug-likeness (QED) is 0.427. The second-order valence-electron chi connectivity index (χ2n) is 4.58. The zero-order valence-corrected chi connectivity index (χ0v) is 10.1. The molecule has 3 N–H and O–H groups in total. The third kappa shape index (κ3) is 2.08. The van der Waals surface area contributed by atoms with Crippen LogP contribution >= 0.6 is 0 Å². The molecule has 0 saturated carbocycles. The van der Waals surface area contributed by atoms with Crippen molar-refractivity contribution in [2.75, 3.05) is 0 Å². The van der Waals surface area contributed by atoms with Crippen LogP contribution in [0.5, 0.6) is 0 Å². The van der Waals surface area contributed by atoms with E-state index in [-0.39, 0.29) is 6.07 Å². The van der Waals surface area contributed by atoms with E-state index >= 15 is 0 Å². The molecule has 1 aliphatic rings. The van der Waals surface area contributed by atoms with Crippen LogP contribution in [0.15, 0.2) is 6.07 Å². The number of halogens is 4. The summed E-state index contributed by atoms with van der Waals surface area (Å²) in [6.07, 6.45) is -4.45. The second-order valence-corrected chi connectivity index (χ2v) is 4.58. The van der Waals surface area contributed by atoms with Crippen molar-refractivity contribution in [2.24, 2.45) is 0 Å². The number of aliphatic hydroxyl groups is 3. The Morgan fingerprint density at radius 3 is 2.30 bits per heavy atom. The number of benzene rings is 1. The zero-order valence-electron chi connectivity index (χ0n) is 10.1. The lowest BCUT2D eigenvalue weighted by molar-refractivity contribution is -0.0725. The first kappa shape index (κ1) is 15.2. The molecule has 0 aromatic heterocycles. The monoisotopic (exact) mass is 295 g/mol. The lowest BCUT2D eigenvalue weighted by atomic mass is 9.86.